The first-order chi connectivity index (χ1) is 15.8. The number of carbonyl (C=O) groups excluding carboxylic acids is 2. The van der Waals surface area contributed by atoms with Gasteiger partial charge < -0.3 is 0 Å². The number of hydrogen-bond donors (Lipinski definition) is 2. The van der Waals surface area contributed by atoms with Crippen molar-refractivity contribution >= 4 is 58.1 Å². The Morgan fingerprint density at radius 1 is 0.758 bits per heavy atom. The second-order valence-electron chi connectivity index (χ2n) is 7.66. The molecule has 0 aromatic carbocycles. The van der Waals surface area contributed by atoms with Gasteiger partial charge in [0.2, 0.25) is 0 Å². The fourth-order valence-electron chi connectivity index (χ4n) is 2.78. The number of nitrogens with one attached hydrogen (secondary N) is 2. The fraction of sp³-hybridized carbons (Fsp3) is 0.727. The van der Waals surface area contributed by atoms with Gasteiger partial charge in [-0.05, 0) is 39.5 Å². The van der Waals surface area contributed by atoms with Crippen LogP contribution in [0.3, 0.4) is 0 Å². The maximum absolute atomic E-state index is 12.4. The van der Waals surface area contributed by atoms with Crippen molar-refractivity contribution in [1.82, 2.24) is 21.0 Å². The average molecular weight is 515 g/mol. The molecule has 0 bridgehead atoms. The Morgan fingerprint density at radius 3 is 1.39 bits per heavy atom. The number of hydrogen-bond acceptors (Lipinski definition) is 9. The summed E-state index contributed by atoms with van der Waals surface area (Å²) in [5.41, 5.74) is 7.41. The molecule has 33 heavy (non-hydrogen) atoms. The third-order valence-corrected chi connectivity index (χ3v) is 7.78. The number of nitrogens with zero attached hydrogens (tertiary/aromatic N) is 4. The van der Waals surface area contributed by atoms with Crippen molar-refractivity contribution in [2.45, 2.75) is 112 Å². The molecule has 0 radical (unpaired) electrons. The first kappa shape index (κ1) is 29.6. The second kappa shape index (κ2) is 17.0. The lowest BCUT2D eigenvalue weighted by Gasteiger charge is -2.09. The molecule has 8 nitrogen and oxygen atoms in total. The summed E-state index contributed by atoms with van der Waals surface area (Å²) in [5, 5.41) is 16.2. The third-order valence-electron chi connectivity index (χ3n) is 4.48. The number of hydrazone groups is 2. The smallest absolute Gasteiger partial charge is 0.253 e. The zero-order valence-corrected chi connectivity index (χ0v) is 23.1. The summed E-state index contributed by atoms with van der Waals surface area (Å²) < 4.78 is 1.37. The molecular weight excluding hydrogens is 476 g/mol. The van der Waals surface area contributed by atoms with Crippen molar-refractivity contribution < 1.29 is 9.59 Å². The van der Waals surface area contributed by atoms with E-state index in [0.29, 0.717) is 8.68 Å². The van der Waals surface area contributed by atoms with Gasteiger partial charge in [0.05, 0.1) is 10.5 Å². The second-order valence-corrected chi connectivity index (χ2v) is 11.8. The molecule has 11 heteroatoms. The molecule has 1 rings (SSSR count). The van der Waals surface area contributed by atoms with Crippen molar-refractivity contribution in [3.63, 3.8) is 0 Å². The number of thioether (sulfide) groups is 2. The van der Waals surface area contributed by atoms with E-state index in [-0.39, 0.29) is 22.3 Å². The van der Waals surface area contributed by atoms with E-state index < -0.39 is 0 Å². The third kappa shape index (κ3) is 12.0. The summed E-state index contributed by atoms with van der Waals surface area (Å²) in [4.78, 5) is 24.8. The van der Waals surface area contributed by atoms with Crippen molar-refractivity contribution in [2.75, 3.05) is 0 Å². The lowest BCUT2D eigenvalue weighted by Crippen LogP contribution is -2.28. The molecule has 0 spiro atoms. The first-order valence-corrected chi connectivity index (χ1v) is 14.3. The number of amides is 2. The molecule has 0 unspecified atom stereocenters. The van der Waals surface area contributed by atoms with E-state index in [1.54, 1.807) is 0 Å². The van der Waals surface area contributed by atoms with E-state index in [9.17, 15) is 9.59 Å². The normalized spacial score (nSPS) is 12.5. The van der Waals surface area contributed by atoms with Crippen LogP contribution in [0.1, 0.15) is 92.9 Å². The van der Waals surface area contributed by atoms with Crippen LogP contribution in [0.2, 0.25) is 0 Å². The fourth-order valence-corrected chi connectivity index (χ4v) is 6.08. The van der Waals surface area contributed by atoms with Gasteiger partial charge >= 0.3 is 0 Å². The van der Waals surface area contributed by atoms with E-state index in [0.717, 1.165) is 62.8 Å². The average Bonchev–Trinajstić information content (AvgIpc) is 3.22. The quantitative estimate of drug-likeness (QED) is 0.168. The van der Waals surface area contributed by atoms with Gasteiger partial charge in [0, 0.05) is 11.4 Å². The lowest BCUT2D eigenvalue weighted by molar-refractivity contribution is -0.121. The summed E-state index contributed by atoms with van der Waals surface area (Å²) in [6.45, 7) is 12.0. The van der Waals surface area contributed by atoms with Crippen LogP contribution >= 0.6 is 34.9 Å². The highest BCUT2D eigenvalue weighted by Crippen LogP contribution is 2.33. The van der Waals surface area contributed by atoms with Gasteiger partial charge in [0.1, 0.15) is 0 Å². The Morgan fingerprint density at radius 2 is 1.09 bits per heavy atom. The van der Waals surface area contributed by atoms with E-state index in [1.165, 1.54) is 34.9 Å². The molecular formula is C22H38N6O2S3. The molecule has 2 amide bonds. The minimum atomic E-state index is -0.352. The molecule has 1 aromatic rings. The van der Waals surface area contributed by atoms with Crippen LogP contribution in [0.25, 0.3) is 0 Å². The summed E-state index contributed by atoms with van der Waals surface area (Å²) >= 11 is 4.06. The molecule has 2 atom stereocenters. The van der Waals surface area contributed by atoms with Crippen LogP contribution in [0.4, 0.5) is 0 Å². The van der Waals surface area contributed by atoms with Crippen LogP contribution in [-0.4, -0.2) is 43.9 Å². The van der Waals surface area contributed by atoms with Gasteiger partial charge in [-0.1, -0.05) is 88.2 Å². The zero-order chi connectivity index (χ0) is 24.6. The van der Waals surface area contributed by atoms with E-state index >= 15 is 0 Å². The molecule has 1 heterocycles. The van der Waals surface area contributed by atoms with Crippen LogP contribution in [0.5, 0.6) is 0 Å². The maximum atomic E-state index is 12.4. The van der Waals surface area contributed by atoms with Crippen molar-refractivity contribution in [3.8, 4) is 0 Å². The highest BCUT2D eigenvalue weighted by Gasteiger charge is 2.20. The first-order valence-electron chi connectivity index (χ1n) is 11.7. The predicted molar refractivity (Wildman–Crippen MR) is 141 cm³/mol. The summed E-state index contributed by atoms with van der Waals surface area (Å²) in [6.07, 6.45) is 7.59. The molecule has 186 valence electrons. The van der Waals surface area contributed by atoms with Gasteiger partial charge in [-0.2, -0.15) is 10.2 Å². The van der Waals surface area contributed by atoms with Gasteiger partial charge in [0.25, 0.3) is 11.8 Å². The Bertz CT molecular complexity index is 718. The molecule has 2 N–H and O–H groups in total. The summed E-state index contributed by atoms with van der Waals surface area (Å²) in [6, 6.07) is 0. The highest BCUT2D eigenvalue weighted by atomic mass is 32.2. The number of rotatable bonds is 16. The summed E-state index contributed by atoms with van der Waals surface area (Å²) in [5.74, 6) is -0.315. The van der Waals surface area contributed by atoms with E-state index in [1.807, 2.05) is 13.8 Å². The van der Waals surface area contributed by atoms with E-state index in [2.05, 4.69) is 58.9 Å². The van der Waals surface area contributed by atoms with Gasteiger partial charge in [-0.3, -0.25) is 9.59 Å². The topological polar surface area (TPSA) is 109 Å². The highest BCUT2D eigenvalue weighted by molar-refractivity contribution is 8.04. The van der Waals surface area contributed by atoms with E-state index in [4.69, 9.17) is 0 Å². The molecule has 0 aliphatic carbocycles. The minimum Gasteiger partial charge on any atom is -0.272 e. The SMILES string of the molecule is CCCC(CCC)=NNC(=O)[C@@H](C)Sc1nnc(S[C@H](C)C(=O)NN=C(CCC)CCC)s1. The summed E-state index contributed by atoms with van der Waals surface area (Å²) in [7, 11) is 0. The van der Waals surface area contributed by atoms with Crippen LogP contribution in [0.15, 0.2) is 18.9 Å². The van der Waals surface area contributed by atoms with Crippen LogP contribution in [0, 0.1) is 0 Å². The molecule has 0 saturated heterocycles. The predicted octanol–water partition coefficient (Wildman–Crippen LogP) is 5.64. The lowest BCUT2D eigenvalue weighted by atomic mass is 10.1. The Hall–Kier alpha value is -1.46. The van der Waals surface area contributed by atoms with Crippen LogP contribution in [-0.2, 0) is 9.59 Å². The molecule has 0 saturated carbocycles. The van der Waals surface area contributed by atoms with Gasteiger partial charge in [0.15, 0.2) is 8.68 Å². The molecule has 0 aliphatic heterocycles. The van der Waals surface area contributed by atoms with Crippen molar-refractivity contribution in [1.29, 1.82) is 0 Å². The van der Waals surface area contributed by atoms with Gasteiger partial charge in [-0.25, -0.2) is 10.9 Å². The van der Waals surface area contributed by atoms with Crippen molar-refractivity contribution in [3.05, 3.63) is 0 Å². The Kier molecular flexibility index (Phi) is 15.3. The maximum Gasteiger partial charge on any atom is 0.253 e. The monoisotopic (exact) mass is 514 g/mol. The zero-order valence-electron chi connectivity index (χ0n) is 20.6. The molecule has 1 aromatic heterocycles. The Balaban J connectivity index is 2.58. The standard InChI is InChI=1S/C22H38N6O2S3/c1-7-11-17(12-8-2)23-25-19(29)15(5)31-21-27-28-22(33-21)32-16(6)20(30)26-24-18(13-9-3)14-10-4/h15-16H,7-14H2,1-6H3,(H,25,29)(H,26,30)/t15-,16-/m1/s1. The minimum absolute atomic E-state index is 0.158. The largest absolute Gasteiger partial charge is 0.272 e. The number of carbonyl (C=O) groups is 2. The number of aromatic nitrogens is 2. The Labute approximate surface area is 210 Å². The molecule has 0 aliphatic rings. The van der Waals surface area contributed by atoms with Crippen LogP contribution < -0.4 is 10.9 Å². The van der Waals surface area contributed by atoms with Crippen molar-refractivity contribution in [2.24, 2.45) is 10.2 Å². The molecule has 0 fully saturated rings. The van der Waals surface area contributed by atoms with Gasteiger partial charge in [-0.15, -0.1) is 10.2 Å².